The number of morpholine rings is 1. The average Bonchev–Trinajstić information content (AvgIpc) is 3.09. The Morgan fingerprint density at radius 2 is 1.42 bits per heavy atom. The number of carbonyl (C=O) groups is 1. The first-order chi connectivity index (χ1) is 24.5. The molecule has 0 atom stereocenters. The number of anilines is 2. The molecule has 0 aliphatic carbocycles. The predicted octanol–water partition coefficient (Wildman–Crippen LogP) is 5.60. The molecule has 280 valence electrons. The third kappa shape index (κ3) is 11.2. The molecule has 1 aliphatic heterocycles. The van der Waals surface area contributed by atoms with Crippen LogP contribution in [-0.4, -0.2) is 54.0 Å². The van der Waals surface area contributed by atoms with E-state index in [0.29, 0.717) is 49.7 Å². The minimum absolute atomic E-state index is 0. The van der Waals surface area contributed by atoms with Crippen LogP contribution in [0.1, 0.15) is 42.1 Å². The first-order valence-corrected chi connectivity index (χ1v) is 15.8. The van der Waals surface area contributed by atoms with Crippen LogP contribution in [0.5, 0.6) is 5.75 Å². The van der Waals surface area contributed by atoms with E-state index in [1.54, 1.807) is 18.2 Å². The van der Waals surface area contributed by atoms with Crippen molar-refractivity contribution in [3.8, 4) is 16.9 Å². The maximum atomic E-state index is 14.1. The molecule has 1 fully saturated rings. The summed E-state index contributed by atoms with van der Waals surface area (Å²) in [7, 11) is 0. The van der Waals surface area contributed by atoms with Crippen LogP contribution in [0.2, 0.25) is 0 Å². The zero-order valence-corrected chi connectivity index (χ0v) is 30.2. The summed E-state index contributed by atoms with van der Waals surface area (Å²) >= 11 is 0. The summed E-state index contributed by atoms with van der Waals surface area (Å²) in [4.78, 5) is 22.7. The molecule has 0 saturated carbocycles. The first-order valence-electron chi connectivity index (χ1n) is 15.8. The van der Waals surface area contributed by atoms with E-state index in [9.17, 15) is 44.3 Å². The minimum Gasteiger partial charge on any atom is -1.00 e. The van der Waals surface area contributed by atoms with Crippen molar-refractivity contribution in [1.29, 1.82) is 0 Å². The second-order valence-electron chi connectivity index (χ2n) is 11.8. The van der Waals surface area contributed by atoms with E-state index in [1.165, 1.54) is 29.4 Å². The summed E-state index contributed by atoms with van der Waals surface area (Å²) in [5.41, 5.74) is -3.59. The Hall–Kier alpha value is -4.06. The van der Waals surface area contributed by atoms with Crippen LogP contribution in [0.4, 0.5) is 51.1 Å². The van der Waals surface area contributed by atoms with E-state index in [0.717, 1.165) is 12.1 Å². The summed E-state index contributed by atoms with van der Waals surface area (Å²) in [6, 6.07) is 10.2. The van der Waals surface area contributed by atoms with Gasteiger partial charge in [-0.2, -0.15) is 39.5 Å². The van der Waals surface area contributed by atoms with E-state index < -0.39 is 59.8 Å². The molecule has 1 N–H and O–H groups in total. The molecule has 18 heteroatoms. The molecule has 53 heavy (non-hydrogen) atoms. The number of para-hydroxylation sites is 1. The molecule has 2 heterocycles. The number of aromatic nitrogens is 2. The molecule has 3 aromatic carbocycles. The van der Waals surface area contributed by atoms with Crippen LogP contribution in [0, 0.1) is 0 Å². The van der Waals surface area contributed by atoms with E-state index in [2.05, 4.69) is 9.97 Å². The number of benzene rings is 3. The monoisotopic (exact) mass is 766 g/mol. The summed E-state index contributed by atoms with van der Waals surface area (Å²) < 4.78 is 136. The largest absolute Gasteiger partial charge is 1.00 e. The SMILES string of the molecule is O=C(O)CCCOc1ccccc1-c1ccc(C(F)(F)F)cc1CN(Cc1cc(C(F)(F)F)cc(C(F)(F)F)c1)c1ncc(N2CCOCC2)cn1.[H-].[Na+]. The van der Waals surface area contributed by atoms with Gasteiger partial charge in [0.25, 0.3) is 0 Å². The second kappa shape index (κ2) is 17.4. The van der Waals surface area contributed by atoms with Gasteiger partial charge in [0.15, 0.2) is 0 Å². The Bertz CT molecular complexity index is 1820. The smallest absolute Gasteiger partial charge is 1.00 e. The summed E-state index contributed by atoms with van der Waals surface area (Å²) in [6.45, 7) is 0.659. The number of carboxylic acids is 1. The van der Waals surface area contributed by atoms with Gasteiger partial charge in [-0.25, -0.2) is 9.97 Å². The molecule has 0 bridgehead atoms. The zero-order chi connectivity index (χ0) is 37.7. The van der Waals surface area contributed by atoms with Crippen LogP contribution in [-0.2, 0) is 41.1 Å². The Labute approximate surface area is 321 Å². The molecular weight excluding hydrogens is 734 g/mol. The van der Waals surface area contributed by atoms with Crippen LogP contribution in [0.15, 0.2) is 73.1 Å². The number of ether oxygens (including phenoxy) is 2. The van der Waals surface area contributed by atoms with Crippen molar-refractivity contribution in [3.63, 3.8) is 0 Å². The van der Waals surface area contributed by atoms with Gasteiger partial charge in [0, 0.05) is 38.2 Å². The van der Waals surface area contributed by atoms with Crippen LogP contribution in [0.25, 0.3) is 11.1 Å². The molecular formula is C35H32F9N4NaO4. The van der Waals surface area contributed by atoms with Crippen molar-refractivity contribution < 1.29 is 89.9 Å². The molecule has 0 unspecified atom stereocenters. The number of alkyl halides is 9. The molecule has 1 aliphatic rings. The number of nitrogens with zero attached hydrogens (tertiary/aromatic N) is 4. The van der Waals surface area contributed by atoms with Gasteiger partial charge in [-0.1, -0.05) is 24.3 Å². The predicted molar refractivity (Wildman–Crippen MR) is 172 cm³/mol. The van der Waals surface area contributed by atoms with Crippen LogP contribution in [0.3, 0.4) is 0 Å². The van der Waals surface area contributed by atoms with Crippen molar-refractivity contribution >= 4 is 17.6 Å². The van der Waals surface area contributed by atoms with Crippen molar-refractivity contribution in [1.82, 2.24) is 9.97 Å². The normalized spacial score (nSPS) is 13.7. The van der Waals surface area contributed by atoms with Crippen molar-refractivity contribution in [2.45, 2.75) is 44.5 Å². The van der Waals surface area contributed by atoms with Gasteiger partial charge < -0.3 is 25.8 Å². The first kappa shape index (κ1) is 41.7. The average molecular weight is 767 g/mol. The fourth-order valence-electron chi connectivity index (χ4n) is 5.58. The molecule has 8 nitrogen and oxygen atoms in total. The molecule has 4 aromatic rings. The van der Waals surface area contributed by atoms with Gasteiger partial charge >= 0.3 is 54.1 Å². The molecule has 1 aromatic heterocycles. The fourth-order valence-corrected chi connectivity index (χ4v) is 5.58. The number of halogens is 9. The van der Waals surface area contributed by atoms with Gasteiger partial charge in [-0.05, 0) is 59.5 Å². The van der Waals surface area contributed by atoms with E-state index in [1.807, 2.05) is 4.90 Å². The number of hydrogen-bond donors (Lipinski definition) is 1. The van der Waals surface area contributed by atoms with Gasteiger partial charge in [-0.15, -0.1) is 0 Å². The Balaban J connectivity index is 0.00000392. The Morgan fingerprint density at radius 3 is 2.00 bits per heavy atom. The van der Waals surface area contributed by atoms with E-state index >= 15 is 0 Å². The maximum Gasteiger partial charge on any atom is 1.00 e. The number of carboxylic acid groups (broad SMARTS) is 1. The van der Waals surface area contributed by atoms with Crippen molar-refractivity contribution in [2.24, 2.45) is 0 Å². The number of hydrogen-bond acceptors (Lipinski definition) is 7. The molecule has 1 saturated heterocycles. The quantitative estimate of drug-likeness (QED) is 0.113. The maximum absolute atomic E-state index is 14.1. The minimum atomic E-state index is -5.14. The van der Waals surface area contributed by atoms with Crippen molar-refractivity contribution in [3.05, 3.63) is 101 Å². The van der Waals surface area contributed by atoms with E-state index in [-0.39, 0.29) is 79.3 Å². The number of rotatable bonds is 12. The van der Waals surface area contributed by atoms with Gasteiger partial charge in [0.05, 0.1) is 54.6 Å². The van der Waals surface area contributed by atoms with Gasteiger partial charge in [0.2, 0.25) is 5.95 Å². The third-order valence-electron chi connectivity index (χ3n) is 8.07. The van der Waals surface area contributed by atoms with Crippen LogP contribution < -0.4 is 44.1 Å². The Kier molecular flexibility index (Phi) is 13.7. The summed E-state index contributed by atoms with van der Waals surface area (Å²) in [5.74, 6) is -1.02. The zero-order valence-electron chi connectivity index (χ0n) is 29.2. The molecule has 0 radical (unpaired) electrons. The molecule has 0 spiro atoms. The second-order valence-corrected chi connectivity index (χ2v) is 11.8. The standard InChI is InChI=1S/C35H31F9N4O4.Na.H/c36-33(37,38)24-7-8-28(29-4-1-2-5-30(29)52-11-3-6-31(49)50)23(16-24)21-48(32-45-18-27(19-46-32)47-9-12-51-13-10-47)20-22-14-25(34(39,40)41)17-26(15-22)35(42,43)44;;/h1-2,4-5,7-8,14-19H,3,6,9-13,20-21H2,(H,49,50);;/q;+1;-1. The summed E-state index contributed by atoms with van der Waals surface area (Å²) in [5, 5.41) is 8.97. The van der Waals surface area contributed by atoms with E-state index in [4.69, 9.17) is 14.6 Å². The van der Waals surface area contributed by atoms with Gasteiger partial charge in [0.1, 0.15) is 5.75 Å². The number of aliphatic carboxylic acids is 1. The van der Waals surface area contributed by atoms with Crippen LogP contribution >= 0.6 is 0 Å². The van der Waals surface area contributed by atoms with Crippen molar-refractivity contribution in [2.75, 3.05) is 42.7 Å². The Morgan fingerprint density at radius 1 is 0.811 bits per heavy atom. The summed E-state index contributed by atoms with van der Waals surface area (Å²) in [6.07, 6.45) is -12.4. The molecule has 5 rings (SSSR count). The molecule has 0 amide bonds. The fraction of sp³-hybridized carbons (Fsp3) is 0.343. The topological polar surface area (TPSA) is 88.0 Å². The third-order valence-corrected chi connectivity index (χ3v) is 8.07. The van der Waals surface area contributed by atoms with Gasteiger partial charge in [-0.3, -0.25) is 4.79 Å².